The third-order valence-corrected chi connectivity index (χ3v) is 4.94. The van der Waals surface area contributed by atoms with Crippen LogP contribution in [0.5, 0.6) is 0 Å². The fourth-order valence-corrected chi connectivity index (χ4v) is 2.93. The maximum Gasteiger partial charge on any atom is 0.326 e. The second kappa shape index (κ2) is 16.6. The van der Waals surface area contributed by atoms with Crippen molar-refractivity contribution in [2.24, 2.45) is 27.9 Å². The summed E-state index contributed by atoms with van der Waals surface area (Å²) in [5, 5.41) is 35.0. The van der Waals surface area contributed by atoms with Crippen molar-refractivity contribution < 1.29 is 44.1 Å². The molecule has 0 aromatic heterocycles. The van der Waals surface area contributed by atoms with Crippen LogP contribution in [0.2, 0.25) is 0 Å². The van der Waals surface area contributed by atoms with Crippen LogP contribution < -0.4 is 38.9 Å². The van der Waals surface area contributed by atoms with E-state index in [0.717, 1.165) is 0 Å². The number of hydrogen-bond donors (Lipinski definition) is 10. The number of aliphatic hydroxyl groups is 1. The summed E-state index contributed by atoms with van der Waals surface area (Å²) in [5.41, 5.74) is 21.1. The van der Waals surface area contributed by atoms with E-state index in [4.69, 9.17) is 28.0 Å². The molecule has 0 saturated carbocycles. The highest BCUT2D eigenvalue weighted by atomic mass is 16.4. The first-order chi connectivity index (χ1) is 17.1. The summed E-state index contributed by atoms with van der Waals surface area (Å²) in [5.74, 6) is -6.52. The molecule has 0 aromatic rings. The van der Waals surface area contributed by atoms with Gasteiger partial charge in [0.2, 0.25) is 23.6 Å². The second-order valence-electron chi connectivity index (χ2n) is 8.18. The van der Waals surface area contributed by atoms with Crippen LogP contribution in [0, 0.1) is 0 Å². The van der Waals surface area contributed by atoms with Gasteiger partial charge in [0.15, 0.2) is 5.96 Å². The monoisotopic (exact) mass is 532 g/mol. The molecule has 0 aliphatic heterocycles. The van der Waals surface area contributed by atoms with Gasteiger partial charge in [-0.2, -0.15) is 0 Å². The van der Waals surface area contributed by atoms with Gasteiger partial charge in [0.25, 0.3) is 0 Å². The number of primary amides is 1. The number of nitrogens with zero attached hydrogens (tertiary/aromatic N) is 1. The van der Waals surface area contributed by atoms with E-state index in [2.05, 4.69) is 20.9 Å². The first-order valence-corrected chi connectivity index (χ1v) is 11.3. The Bertz CT molecular complexity index is 861. The van der Waals surface area contributed by atoms with Gasteiger partial charge in [0, 0.05) is 19.4 Å². The number of carbonyl (C=O) groups is 6. The van der Waals surface area contributed by atoms with Crippen LogP contribution in [0.15, 0.2) is 4.99 Å². The van der Waals surface area contributed by atoms with Crippen LogP contribution in [0.4, 0.5) is 0 Å². The van der Waals surface area contributed by atoms with Crippen LogP contribution in [0.1, 0.15) is 45.4 Å². The quantitative estimate of drug-likeness (QED) is 0.0453. The van der Waals surface area contributed by atoms with Gasteiger partial charge in [0.1, 0.15) is 18.1 Å². The number of carboxylic acid groups (broad SMARTS) is 2. The van der Waals surface area contributed by atoms with Crippen molar-refractivity contribution in [3.05, 3.63) is 0 Å². The van der Waals surface area contributed by atoms with E-state index in [0.29, 0.717) is 0 Å². The molecule has 0 spiro atoms. The van der Waals surface area contributed by atoms with E-state index in [1.54, 1.807) is 0 Å². The number of guanidine groups is 1. The number of amides is 4. The van der Waals surface area contributed by atoms with Gasteiger partial charge >= 0.3 is 11.9 Å². The summed E-state index contributed by atoms with van der Waals surface area (Å²) in [6, 6.07) is -5.77. The maximum absolute atomic E-state index is 12.8. The summed E-state index contributed by atoms with van der Waals surface area (Å²) in [6.45, 7) is 1.27. The van der Waals surface area contributed by atoms with Crippen molar-refractivity contribution in [2.45, 2.75) is 75.7 Å². The topological polar surface area (TPSA) is 316 Å². The molecule has 0 saturated heterocycles. The fraction of sp³-hybridized carbons (Fsp3) is 0.650. The van der Waals surface area contributed by atoms with Crippen LogP contribution in [0.25, 0.3) is 0 Å². The highest BCUT2D eigenvalue weighted by molar-refractivity contribution is 5.94. The van der Waals surface area contributed by atoms with Crippen LogP contribution >= 0.6 is 0 Å². The van der Waals surface area contributed by atoms with Gasteiger partial charge < -0.3 is 54.2 Å². The molecule has 0 bridgehead atoms. The summed E-state index contributed by atoms with van der Waals surface area (Å²) in [4.78, 5) is 75.0. The van der Waals surface area contributed by atoms with Crippen LogP contribution in [0.3, 0.4) is 0 Å². The Hall–Kier alpha value is -3.99. The zero-order valence-corrected chi connectivity index (χ0v) is 20.4. The van der Waals surface area contributed by atoms with E-state index < -0.39 is 78.7 Å². The number of carboxylic acids is 2. The van der Waals surface area contributed by atoms with Crippen molar-refractivity contribution in [3.63, 3.8) is 0 Å². The molecule has 0 aliphatic carbocycles. The number of aliphatic imine (C=N–C) groups is 1. The van der Waals surface area contributed by atoms with Gasteiger partial charge in [-0.1, -0.05) is 0 Å². The molecule has 5 atom stereocenters. The summed E-state index contributed by atoms with van der Waals surface area (Å²) in [7, 11) is 0. The van der Waals surface area contributed by atoms with Gasteiger partial charge in [0.05, 0.1) is 12.1 Å². The highest BCUT2D eigenvalue weighted by Gasteiger charge is 2.32. The minimum atomic E-state index is -1.61. The first-order valence-electron chi connectivity index (χ1n) is 11.3. The lowest BCUT2D eigenvalue weighted by Gasteiger charge is -2.26. The molecule has 14 N–H and O–H groups in total. The molecule has 37 heavy (non-hydrogen) atoms. The Balaban J connectivity index is 5.46. The predicted molar refractivity (Wildman–Crippen MR) is 128 cm³/mol. The van der Waals surface area contributed by atoms with Gasteiger partial charge in [-0.05, 0) is 32.6 Å². The maximum atomic E-state index is 12.8. The molecule has 0 radical (unpaired) electrons. The minimum absolute atomic E-state index is 0.0764. The van der Waals surface area contributed by atoms with Gasteiger partial charge in [-0.15, -0.1) is 0 Å². The molecule has 0 aromatic carbocycles. The van der Waals surface area contributed by atoms with E-state index in [1.165, 1.54) is 6.92 Å². The molecule has 0 fully saturated rings. The van der Waals surface area contributed by atoms with Crippen LogP contribution in [-0.2, 0) is 28.8 Å². The largest absolute Gasteiger partial charge is 0.481 e. The summed E-state index contributed by atoms with van der Waals surface area (Å²) < 4.78 is 0. The normalized spacial score (nSPS) is 14.7. The zero-order chi connectivity index (χ0) is 28.7. The average Bonchev–Trinajstić information content (AvgIpc) is 2.79. The predicted octanol–water partition coefficient (Wildman–Crippen LogP) is -4.58. The fourth-order valence-electron chi connectivity index (χ4n) is 2.93. The number of aliphatic carboxylic acids is 2. The summed E-state index contributed by atoms with van der Waals surface area (Å²) >= 11 is 0. The molecule has 0 aliphatic rings. The number of nitrogens with one attached hydrogen (secondary N) is 3. The lowest BCUT2D eigenvalue weighted by molar-refractivity contribution is -0.143. The number of aliphatic hydroxyl groups excluding tert-OH is 1. The SMILES string of the molecule is CC(O)C(NC(=O)C(N)CCC(N)=O)C(=O)NC(CCC(=O)O)C(=O)NC(CCCN=C(N)N)C(=O)O. The number of rotatable bonds is 18. The first kappa shape index (κ1) is 33.0. The van der Waals surface area contributed by atoms with Crippen LogP contribution in [-0.4, -0.2) is 93.7 Å². The smallest absolute Gasteiger partial charge is 0.326 e. The molecular formula is C20H36N8O9. The molecule has 17 heteroatoms. The average molecular weight is 533 g/mol. The zero-order valence-electron chi connectivity index (χ0n) is 20.4. The van der Waals surface area contributed by atoms with Gasteiger partial charge in [-0.25, -0.2) is 4.79 Å². The van der Waals surface area contributed by atoms with Gasteiger partial charge in [-0.3, -0.25) is 29.0 Å². The lowest BCUT2D eigenvalue weighted by Crippen LogP contribution is -2.59. The van der Waals surface area contributed by atoms with Crippen molar-refractivity contribution in [1.29, 1.82) is 0 Å². The van der Waals surface area contributed by atoms with Crippen molar-refractivity contribution in [2.75, 3.05) is 6.54 Å². The molecule has 4 amide bonds. The molecule has 17 nitrogen and oxygen atoms in total. The number of nitrogens with two attached hydrogens (primary N) is 4. The Kier molecular flexibility index (Phi) is 14.8. The van der Waals surface area contributed by atoms with E-state index in [1.807, 2.05) is 0 Å². The Morgan fingerprint density at radius 2 is 1.41 bits per heavy atom. The highest BCUT2D eigenvalue weighted by Crippen LogP contribution is 2.05. The van der Waals surface area contributed by atoms with Crippen molar-refractivity contribution >= 4 is 41.5 Å². The molecule has 0 heterocycles. The van der Waals surface area contributed by atoms with E-state index >= 15 is 0 Å². The Labute approximate surface area is 212 Å². The lowest BCUT2D eigenvalue weighted by atomic mass is 10.1. The standard InChI is InChI=1S/C20H36N8O9/c1-9(29)15(28-16(33)10(21)4-6-13(22)30)18(35)26-11(5-7-14(31)32)17(34)27-12(19(36)37)3-2-8-25-20(23)24/h9-12,15,29H,2-8,21H2,1H3,(H2,22,30)(H,26,35)(H,27,34)(H,28,33)(H,31,32)(H,36,37)(H4,23,24,25). The molecule has 5 unspecified atom stereocenters. The number of carbonyl (C=O) groups excluding carboxylic acids is 4. The van der Waals surface area contributed by atoms with Crippen molar-refractivity contribution in [3.8, 4) is 0 Å². The third kappa shape index (κ3) is 14.2. The van der Waals surface area contributed by atoms with Crippen molar-refractivity contribution in [1.82, 2.24) is 16.0 Å². The molecular weight excluding hydrogens is 496 g/mol. The Morgan fingerprint density at radius 1 is 0.811 bits per heavy atom. The van der Waals surface area contributed by atoms with E-state index in [-0.39, 0.29) is 38.2 Å². The molecule has 0 rings (SSSR count). The molecule has 210 valence electrons. The minimum Gasteiger partial charge on any atom is -0.481 e. The third-order valence-electron chi connectivity index (χ3n) is 4.94. The Morgan fingerprint density at radius 3 is 1.89 bits per heavy atom. The number of hydrogen-bond acceptors (Lipinski definition) is 9. The summed E-state index contributed by atoms with van der Waals surface area (Å²) in [6.07, 6.45) is -2.68. The van der Waals surface area contributed by atoms with E-state index in [9.17, 15) is 39.0 Å². The second-order valence-corrected chi connectivity index (χ2v) is 8.18.